The van der Waals surface area contributed by atoms with Gasteiger partial charge in [0.05, 0.1) is 19.1 Å². The van der Waals surface area contributed by atoms with Crippen LogP contribution in [0.4, 0.5) is 0 Å². The summed E-state index contributed by atoms with van der Waals surface area (Å²) in [5.41, 5.74) is 0. The predicted molar refractivity (Wildman–Crippen MR) is 70.3 cm³/mol. The number of ether oxygens (including phenoxy) is 1. The second-order valence-corrected chi connectivity index (χ2v) is 5.97. The Balaban J connectivity index is 1.66. The van der Waals surface area contributed by atoms with Crippen LogP contribution in [0.25, 0.3) is 0 Å². The normalized spacial score (nSPS) is 33.6. The highest BCUT2D eigenvalue weighted by molar-refractivity contribution is 7.99. The van der Waals surface area contributed by atoms with E-state index in [1.165, 1.54) is 6.42 Å². The number of thioether (sulfide) groups is 1. The van der Waals surface area contributed by atoms with E-state index in [0.29, 0.717) is 12.5 Å². The lowest BCUT2D eigenvalue weighted by Gasteiger charge is -2.23. The van der Waals surface area contributed by atoms with Gasteiger partial charge in [0, 0.05) is 24.4 Å². The molecule has 1 aliphatic heterocycles. The molecule has 1 saturated carbocycles. The van der Waals surface area contributed by atoms with Gasteiger partial charge < -0.3 is 15.4 Å². The summed E-state index contributed by atoms with van der Waals surface area (Å²) >= 11 is 1.91. The fourth-order valence-corrected chi connectivity index (χ4v) is 3.33. The van der Waals surface area contributed by atoms with Gasteiger partial charge in [-0.05, 0) is 25.5 Å². The van der Waals surface area contributed by atoms with Gasteiger partial charge in [0.25, 0.3) is 0 Å². The first-order valence-electron chi connectivity index (χ1n) is 6.42. The number of hydrogen-bond acceptors (Lipinski definition) is 4. The maximum Gasteiger partial charge on any atom is 0.222 e. The summed E-state index contributed by atoms with van der Waals surface area (Å²) < 4.78 is 5.53. The van der Waals surface area contributed by atoms with Crippen LogP contribution in [0.15, 0.2) is 0 Å². The van der Waals surface area contributed by atoms with Crippen LogP contribution in [0.1, 0.15) is 25.7 Å². The smallest absolute Gasteiger partial charge is 0.222 e. The van der Waals surface area contributed by atoms with Crippen molar-refractivity contribution < 1.29 is 9.53 Å². The Bertz CT molecular complexity index is 257. The summed E-state index contributed by atoms with van der Waals surface area (Å²) in [6.45, 7) is 2.41. The van der Waals surface area contributed by atoms with Crippen molar-refractivity contribution in [3.63, 3.8) is 0 Å². The van der Waals surface area contributed by atoms with Crippen molar-refractivity contribution in [3.8, 4) is 0 Å². The highest BCUT2D eigenvalue weighted by atomic mass is 32.2. The van der Waals surface area contributed by atoms with Crippen molar-refractivity contribution >= 4 is 17.7 Å². The lowest BCUT2D eigenvalue weighted by molar-refractivity contribution is -0.125. The minimum Gasteiger partial charge on any atom is -0.375 e. The summed E-state index contributed by atoms with van der Waals surface area (Å²) in [6.07, 6.45) is 6.18. The first-order chi connectivity index (χ1) is 8.28. The van der Waals surface area contributed by atoms with Crippen LogP contribution in [0.2, 0.25) is 0 Å². The number of carbonyl (C=O) groups excluding carboxylic acids is 1. The molecule has 2 fully saturated rings. The SMILES string of the molecule is CSC1CCC(NC(=O)CC2CNCCO2)C1. The molecule has 17 heavy (non-hydrogen) atoms. The number of carbonyl (C=O) groups is 1. The fourth-order valence-electron chi connectivity index (χ4n) is 2.53. The Kier molecular flexibility index (Phi) is 5.13. The quantitative estimate of drug-likeness (QED) is 0.782. The van der Waals surface area contributed by atoms with E-state index in [-0.39, 0.29) is 12.0 Å². The van der Waals surface area contributed by atoms with Gasteiger partial charge in [-0.15, -0.1) is 0 Å². The minimum absolute atomic E-state index is 0.0569. The number of rotatable bonds is 4. The van der Waals surface area contributed by atoms with Gasteiger partial charge in [-0.2, -0.15) is 11.8 Å². The molecule has 0 bridgehead atoms. The second-order valence-electron chi connectivity index (χ2n) is 4.84. The molecular weight excluding hydrogens is 236 g/mol. The third kappa shape index (κ3) is 4.16. The molecule has 3 unspecified atom stereocenters. The van der Waals surface area contributed by atoms with E-state index < -0.39 is 0 Å². The Labute approximate surface area is 107 Å². The van der Waals surface area contributed by atoms with Crippen LogP contribution in [0.3, 0.4) is 0 Å². The Morgan fingerprint density at radius 2 is 2.41 bits per heavy atom. The van der Waals surface area contributed by atoms with Crippen molar-refractivity contribution in [3.05, 3.63) is 0 Å². The molecule has 1 heterocycles. The molecule has 1 amide bonds. The third-order valence-electron chi connectivity index (χ3n) is 3.50. The van der Waals surface area contributed by atoms with E-state index >= 15 is 0 Å². The molecule has 0 aromatic rings. The predicted octanol–water partition coefficient (Wildman–Crippen LogP) is 0.765. The van der Waals surface area contributed by atoms with Gasteiger partial charge in [-0.1, -0.05) is 0 Å². The zero-order valence-electron chi connectivity index (χ0n) is 10.4. The van der Waals surface area contributed by atoms with Gasteiger partial charge in [-0.25, -0.2) is 0 Å². The van der Waals surface area contributed by atoms with Gasteiger partial charge in [0.2, 0.25) is 5.91 Å². The summed E-state index contributed by atoms with van der Waals surface area (Å²) in [5.74, 6) is 0.144. The molecule has 2 rings (SSSR count). The lowest BCUT2D eigenvalue weighted by atomic mass is 10.2. The molecule has 2 N–H and O–H groups in total. The maximum atomic E-state index is 11.8. The highest BCUT2D eigenvalue weighted by Crippen LogP contribution is 2.28. The summed E-state index contributed by atoms with van der Waals surface area (Å²) in [7, 11) is 0. The third-order valence-corrected chi connectivity index (χ3v) is 4.60. The largest absolute Gasteiger partial charge is 0.375 e. The van der Waals surface area contributed by atoms with Crippen LogP contribution in [-0.4, -0.2) is 49.3 Å². The van der Waals surface area contributed by atoms with E-state index in [1.54, 1.807) is 0 Å². The molecule has 0 aromatic heterocycles. The molecule has 1 aliphatic carbocycles. The van der Waals surface area contributed by atoms with Crippen molar-refractivity contribution in [2.75, 3.05) is 26.0 Å². The lowest BCUT2D eigenvalue weighted by Crippen LogP contribution is -2.43. The number of hydrogen-bond donors (Lipinski definition) is 2. The van der Waals surface area contributed by atoms with Crippen LogP contribution in [-0.2, 0) is 9.53 Å². The molecule has 4 nitrogen and oxygen atoms in total. The van der Waals surface area contributed by atoms with E-state index in [1.807, 2.05) is 11.8 Å². The van der Waals surface area contributed by atoms with Gasteiger partial charge >= 0.3 is 0 Å². The Morgan fingerprint density at radius 3 is 3.06 bits per heavy atom. The first kappa shape index (κ1) is 13.2. The minimum atomic E-state index is 0.0569. The standard InChI is InChI=1S/C12H22N2O2S/c1-17-11-3-2-9(6-11)14-12(15)7-10-8-13-4-5-16-10/h9-11,13H,2-8H2,1H3,(H,14,15). The van der Waals surface area contributed by atoms with Crippen molar-refractivity contribution in [2.45, 2.75) is 43.1 Å². The van der Waals surface area contributed by atoms with E-state index in [4.69, 9.17) is 4.74 Å². The van der Waals surface area contributed by atoms with Crippen molar-refractivity contribution in [1.29, 1.82) is 0 Å². The Hall–Kier alpha value is -0.260. The molecule has 0 spiro atoms. The van der Waals surface area contributed by atoms with E-state index in [0.717, 1.165) is 37.8 Å². The summed E-state index contributed by atoms with van der Waals surface area (Å²) in [5, 5.41) is 7.10. The molecule has 5 heteroatoms. The number of morpholine rings is 1. The first-order valence-corrected chi connectivity index (χ1v) is 7.71. The monoisotopic (exact) mass is 258 g/mol. The Morgan fingerprint density at radius 1 is 1.53 bits per heavy atom. The number of nitrogens with one attached hydrogen (secondary N) is 2. The number of amides is 1. The maximum absolute atomic E-state index is 11.8. The molecule has 2 aliphatic rings. The molecule has 0 aromatic carbocycles. The zero-order chi connectivity index (χ0) is 12.1. The second kappa shape index (κ2) is 6.61. The fraction of sp³-hybridized carbons (Fsp3) is 0.917. The molecular formula is C12H22N2O2S. The average molecular weight is 258 g/mol. The van der Waals surface area contributed by atoms with Crippen molar-refractivity contribution in [1.82, 2.24) is 10.6 Å². The van der Waals surface area contributed by atoms with Gasteiger partial charge in [0.15, 0.2) is 0 Å². The van der Waals surface area contributed by atoms with Gasteiger partial charge in [0.1, 0.15) is 0 Å². The molecule has 0 radical (unpaired) electrons. The topological polar surface area (TPSA) is 50.4 Å². The molecule has 3 atom stereocenters. The van der Waals surface area contributed by atoms with Crippen LogP contribution >= 0.6 is 11.8 Å². The van der Waals surface area contributed by atoms with E-state index in [2.05, 4.69) is 16.9 Å². The van der Waals surface area contributed by atoms with Crippen LogP contribution < -0.4 is 10.6 Å². The van der Waals surface area contributed by atoms with Crippen LogP contribution in [0, 0.1) is 0 Å². The molecule has 1 saturated heterocycles. The summed E-state index contributed by atoms with van der Waals surface area (Å²) in [4.78, 5) is 11.8. The highest BCUT2D eigenvalue weighted by Gasteiger charge is 2.26. The summed E-state index contributed by atoms with van der Waals surface area (Å²) in [6, 6.07) is 0.386. The zero-order valence-corrected chi connectivity index (χ0v) is 11.2. The van der Waals surface area contributed by atoms with E-state index in [9.17, 15) is 4.79 Å². The van der Waals surface area contributed by atoms with Gasteiger partial charge in [-0.3, -0.25) is 4.79 Å². The average Bonchev–Trinajstić information content (AvgIpc) is 2.78. The van der Waals surface area contributed by atoms with Crippen molar-refractivity contribution in [2.24, 2.45) is 0 Å². The molecule has 98 valence electrons. The van der Waals surface area contributed by atoms with Crippen LogP contribution in [0.5, 0.6) is 0 Å².